The normalized spacial score (nSPS) is 19.9. The summed E-state index contributed by atoms with van der Waals surface area (Å²) in [6.45, 7) is 5.16. The smallest absolute Gasteiger partial charge is 0.328 e. The number of nitrogens with one attached hydrogen (secondary N) is 1. The molecule has 0 unspecified atom stereocenters. The van der Waals surface area contributed by atoms with Gasteiger partial charge in [-0.15, -0.1) is 0 Å². The van der Waals surface area contributed by atoms with Crippen molar-refractivity contribution < 1.29 is 9.59 Å². The minimum absolute atomic E-state index is 0.124. The van der Waals surface area contributed by atoms with Crippen LogP contribution in [0, 0.1) is 0 Å². The Bertz CT molecular complexity index is 765. The Morgan fingerprint density at radius 2 is 1.96 bits per heavy atom. The highest BCUT2D eigenvalue weighted by Crippen LogP contribution is 2.20. The van der Waals surface area contributed by atoms with Gasteiger partial charge in [-0.1, -0.05) is 0 Å². The number of carbonyl (C=O) groups excluding carboxylic acids is 2. The fourth-order valence-corrected chi connectivity index (χ4v) is 3.13. The van der Waals surface area contributed by atoms with Gasteiger partial charge in [0.05, 0.1) is 6.42 Å². The Labute approximate surface area is 145 Å². The van der Waals surface area contributed by atoms with Crippen molar-refractivity contribution in [3.63, 3.8) is 0 Å². The molecule has 0 aromatic carbocycles. The Hall–Kier alpha value is -2.42. The predicted octanol–water partition coefficient (Wildman–Crippen LogP) is -1.59. The van der Waals surface area contributed by atoms with Crippen LogP contribution in [0.3, 0.4) is 0 Å². The van der Waals surface area contributed by atoms with Gasteiger partial charge < -0.3 is 20.5 Å². The molecule has 0 radical (unpaired) electrons. The third-order valence-electron chi connectivity index (χ3n) is 4.61. The minimum atomic E-state index is -0.603. The zero-order valence-corrected chi connectivity index (χ0v) is 14.8. The van der Waals surface area contributed by atoms with Gasteiger partial charge in [-0.3, -0.25) is 19.0 Å². The van der Waals surface area contributed by atoms with Crippen LogP contribution < -0.4 is 17.0 Å². The van der Waals surface area contributed by atoms with E-state index >= 15 is 0 Å². The van der Waals surface area contributed by atoms with Crippen molar-refractivity contribution in [1.29, 1.82) is 0 Å². The van der Waals surface area contributed by atoms with E-state index in [2.05, 4.69) is 4.98 Å². The van der Waals surface area contributed by atoms with Gasteiger partial charge >= 0.3 is 5.69 Å². The highest BCUT2D eigenvalue weighted by Gasteiger charge is 2.39. The van der Waals surface area contributed by atoms with Gasteiger partial charge in [-0.05, 0) is 20.3 Å². The molecule has 2 atom stereocenters. The number of rotatable bonds is 5. The lowest BCUT2D eigenvalue weighted by atomic mass is 10.1. The van der Waals surface area contributed by atoms with Crippen molar-refractivity contribution >= 4 is 11.8 Å². The molecule has 2 amide bonds. The molecule has 0 saturated carbocycles. The van der Waals surface area contributed by atoms with Crippen LogP contribution in [0.1, 0.15) is 25.8 Å². The Balaban J connectivity index is 2.22. The molecule has 2 heterocycles. The van der Waals surface area contributed by atoms with E-state index in [-0.39, 0.29) is 36.4 Å². The van der Waals surface area contributed by atoms with E-state index in [4.69, 9.17) is 5.73 Å². The lowest BCUT2D eigenvalue weighted by molar-refractivity contribution is -0.143. The van der Waals surface area contributed by atoms with E-state index < -0.39 is 17.3 Å². The molecule has 1 aliphatic rings. The summed E-state index contributed by atoms with van der Waals surface area (Å²) < 4.78 is 0.914. The van der Waals surface area contributed by atoms with E-state index in [1.807, 2.05) is 13.8 Å². The van der Waals surface area contributed by atoms with Crippen molar-refractivity contribution in [3.8, 4) is 0 Å². The average Bonchev–Trinajstić information content (AvgIpc) is 2.98. The average molecular weight is 351 g/mol. The third-order valence-corrected chi connectivity index (χ3v) is 4.61. The van der Waals surface area contributed by atoms with E-state index in [9.17, 15) is 19.2 Å². The molecule has 1 saturated heterocycles. The summed E-state index contributed by atoms with van der Waals surface area (Å²) >= 11 is 0. The predicted molar refractivity (Wildman–Crippen MR) is 92.0 cm³/mol. The summed E-state index contributed by atoms with van der Waals surface area (Å²) in [5.41, 5.74) is 5.08. The number of likely N-dealkylation sites (N-methyl/N-ethyl adjacent to an activating group) is 1. The van der Waals surface area contributed by atoms with Gasteiger partial charge in [0.1, 0.15) is 6.04 Å². The summed E-state index contributed by atoms with van der Waals surface area (Å²) in [6, 6.07) is -0.874. The zero-order valence-electron chi connectivity index (χ0n) is 14.8. The number of aromatic amines is 1. The molecule has 9 nitrogen and oxygen atoms in total. The number of hydrogen-bond acceptors (Lipinski definition) is 5. The van der Waals surface area contributed by atoms with E-state index in [0.29, 0.717) is 19.5 Å². The van der Waals surface area contributed by atoms with Crippen molar-refractivity contribution in [2.45, 2.75) is 38.8 Å². The summed E-state index contributed by atoms with van der Waals surface area (Å²) in [5.74, 6) is -0.469. The van der Waals surface area contributed by atoms with Crippen molar-refractivity contribution in [3.05, 3.63) is 32.6 Å². The standard InChI is InChI=1S/C16H25N5O4/c1-4-20(5-2)15(24)12-7-11(17)9-21(12)13(22)6-10-8-18-16(25)19(3)14(10)23/h8,11-12H,4-7,9,17H2,1-3H3,(H,18,25)/t11-,12+/m1/s1. The van der Waals surface area contributed by atoms with E-state index in [1.165, 1.54) is 18.1 Å². The largest absolute Gasteiger partial charge is 0.341 e. The molecule has 3 N–H and O–H groups in total. The summed E-state index contributed by atoms with van der Waals surface area (Å²) in [5, 5.41) is 0. The molecule has 9 heteroatoms. The second kappa shape index (κ2) is 7.64. The Morgan fingerprint density at radius 1 is 1.32 bits per heavy atom. The summed E-state index contributed by atoms with van der Waals surface area (Å²) in [4.78, 5) is 54.4. The van der Waals surface area contributed by atoms with Crippen molar-refractivity contribution in [2.24, 2.45) is 12.8 Å². The molecule has 0 aliphatic carbocycles. The molecule has 1 aromatic heterocycles. The summed E-state index contributed by atoms with van der Waals surface area (Å²) in [7, 11) is 1.34. The first-order chi connectivity index (χ1) is 11.8. The molecule has 0 bridgehead atoms. The lowest BCUT2D eigenvalue weighted by Crippen LogP contribution is -2.48. The first kappa shape index (κ1) is 18.9. The van der Waals surface area contributed by atoms with E-state index in [1.54, 1.807) is 4.90 Å². The number of aromatic nitrogens is 2. The van der Waals surface area contributed by atoms with Crippen LogP contribution in [-0.4, -0.2) is 62.9 Å². The van der Waals surface area contributed by atoms with Gasteiger partial charge in [0.15, 0.2) is 0 Å². The van der Waals surface area contributed by atoms with Crippen LogP contribution in [0.5, 0.6) is 0 Å². The number of likely N-dealkylation sites (tertiary alicyclic amines) is 1. The maximum atomic E-state index is 12.7. The SMILES string of the molecule is CCN(CC)C(=O)[C@@H]1C[C@@H](N)CN1C(=O)Cc1c[nH]c(=O)n(C)c1=O. The highest BCUT2D eigenvalue weighted by molar-refractivity contribution is 5.89. The molecule has 1 fully saturated rings. The van der Waals surface area contributed by atoms with Gasteiger partial charge in [-0.25, -0.2) is 4.79 Å². The molecule has 138 valence electrons. The van der Waals surface area contributed by atoms with Crippen LogP contribution in [0.4, 0.5) is 0 Å². The zero-order chi connectivity index (χ0) is 18.7. The van der Waals surface area contributed by atoms with Crippen molar-refractivity contribution in [1.82, 2.24) is 19.4 Å². The van der Waals surface area contributed by atoms with Crippen LogP contribution in [0.15, 0.2) is 15.8 Å². The third kappa shape index (κ3) is 3.81. The molecular weight excluding hydrogens is 326 g/mol. The molecule has 0 spiro atoms. The fourth-order valence-electron chi connectivity index (χ4n) is 3.13. The molecule has 25 heavy (non-hydrogen) atoms. The maximum absolute atomic E-state index is 12.7. The number of carbonyl (C=O) groups is 2. The minimum Gasteiger partial charge on any atom is -0.341 e. The van der Waals surface area contributed by atoms with Crippen molar-refractivity contribution in [2.75, 3.05) is 19.6 Å². The topological polar surface area (TPSA) is 122 Å². The van der Waals surface area contributed by atoms with Gasteiger partial charge in [0.25, 0.3) is 5.56 Å². The maximum Gasteiger partial charge on any atom is 0.328 e. The Morgan fingerprint density at radius 3 is 2.56 bits per heavy atom. The molecular formula is C16H25N5O4. The van der Waals surface area contributed by atoms with Crippen LogP contribution in [-0.2, 0) is 23.1 Å². The highest BCUT2D eigenvalue weighted by atomic mass is 16.2. The number of amides is 2. The lowest BCUT2D eigenvalue weighted by Gasteiger charge is -2.28. The number of H-pyrrole nitrogens is 1. The first-order valence-electron chi connectivity index (χ1n) is 8.41. The van der Waals surface area contributed by atoms with E-state index in [0.717, 1.165) is 4.57 Å². The van der Waals surface area contributed by atoms with Crippen LogP contribution >= 0.6 is 0 Å². The fraction of sp³-hybridized carbons (Fsp3) is 0.625. The number of nitrogens with two attached hydrogens (primary N) is 1. The monoisotopic (exact) mass is 351 g/mol. The molecule has 2 rings (SSSR count). The molecule has 1 aromatic rings. The van der Waals surface area contributed by atoms with Gasteiger partial charge in [-0.2, -0.15) is 0 Å². The van der Waals surface area contributed by atoms with Crippen LogP contribution in [0.25, 0.3) is 0 Å². The quantitative estimate of drug-likeness (QED) is 0.663. The van der Waals surface area contributed by atoms with Gasteiger partial charge in [0.2, 0.25) is 11.8 Å². The number of hydrogen-bond donors (Lipinski definition) is 2. The molecule has 1 aliphatic heterocycles. The van der Waals surface area contributed by atoms with Gasteiger partial charge in [0, 0.05) is 44.5 Å². The number of nitrogens with zero attached hydrogens (tertiary/aromatic N) is 3. The second-order valence-electron chi connectivity index (χ2n) is 6.23. The first-order valence-corrected chi connectivity index (χ1v) is 8.41. The van der Waals surface area contributed by atoms with Crippen LogP contribution in [0.2, 0.25) is 0 Å². The second-order valence-corrected chi connectivity index (χ2v) is 6.23. The summed E-state index contributed by atoms with van der Waals surface area (Å²) in [6.07, 6.45) is 1.47. The Kier molecular flexibility index (Phi) is 5.78.